The van der Waals surface area contributed by atoms with Gasteiger partial charge >= 0.3 is 0 Å². The van der Waals surface area contributed by atoms with Crippen LogP contribution in [0.25, 0.3) is 0 Å². The van der Waals surface area contributed by atoms with E-state index in [1.807, 2.05) is 25.1 Å². The van der Waals surface area contributed by atoms with Gasteiger partial charge in [-0.3, -0.25) is 5.43 Å². The van der Waals surface area contributed by atoms with Crippen molar-refractivity contribution in [2.75, 3.05) is 5.32 Å². The molecule has 2 aromatic rings. The van der Waals surface area contributed by atoms with E-state index in [-0.39, 0.29) is 0 Å². The van der Waals surface area contributed by atoms with Crippen molar-refractivity contribution in [3.63, 3.8) is 0 Å². The van der Waals surface area contributed by atoms with Gasteiger partial charge in [-0.05, 0) is 37.3 Å². The van der Waals surface area contributed by atoms with Crippen LogP contribution in [0.2, 0.25) is 0 Å². The summed E-state index contributed by atoms with van der Waals surface area (Å²) in [6.45, 7) is 1.83. The Hall–Kier alpha value is -2.41. The van der Waals surface area contributed by atoms with E-state index in [4.69, 9.17) is 12.2 Å². The Morgan fingerprint density at radius 3 is 2.79 bits per heavy atom. The number of hydrazone groups is 1. The molecule has 0 radical (unpaired) electrons. The van der Waals surface area contributed by atoms with Crippen molar-refractivity contribution in [2.45, 2.75) is 6.92 Å². The fourth-order valence-electron chi connectivity index (χ4n) is 1.28. The molecule has 0 amide bonds. The van der Waals surface area contributed by atoms with Gasteiger partial charge in [-0.1, -0.05) is 6.07 Å². The quantitative estimate of drug-likeness (QED) is 0.502. The lowest BCUT2D eigenvalue weighted by molar-refractivity contribution is 1.03. The number of anilines is 1. The highest BCUT2D eigenvalue weighted by Crippen LogP contribution is 1.99. The summed E-state index contributed by atoms with van der Waals surface area (Å²) in [4.78, 5) is 12.0. The molecule has 0 aliphatic heterocycles. The maximum atomic E-state index is 5.10. The van der Waals surface area contributed by atoms with Crippen molar-refractivity contribution in [3.05, 3.63) is 48.7 Å². The van der Waals surface area contributed by atoms with Crippen LogP contribution in [-0.4, -0.2) is 25.8 Å². The van der Waals surface area contributed by atoms with Crippen molar-refractivity contribution in [1.29, 1.82) is 0 Å². The van der Waals surface area contributed by atoms with E-state index in [0.717, 1.165) is 5.69 Å². The van der Waals surface area contributed by atoms with Gasteiger partial charge in [-0.15, -0.1) is 0 Å². The highest BCUT2D eigenvalue weighted by Gasteiger charge is 1.99. The summed E-state index contributed by atoms with van der Waals surface area (Å²) in [6, 6.07) is 7.29. The Labute approximate surface area is 116 Å². The van der Waals surface area contributed by atoms with Crippen LogP contribution in [-0.2, 0) is 0 Å². The SMILES string of the molecule is C/C(=N\NC(=S)Nc1ccccn1)c1ccncn1. The third-order valence-corrected chi connectivity index (χ3v) is 2.38. The first-order chi connectivity index (χ1) is 9.25. The number of nitrogens with zero attached hydrogens (tertiary/aromatic N) is 4. The van der Waals surface area contributed by atoms with Gasteiger partial charge in [-0.2, -0.15) is 5.10 Å². The summed E-state index contributed by atoms with van der Waals surface area (Å²) in [6.07, 6.45) is 4.81. The van der Waals surface area contributed by atoms with Gasteiger partial charge in [0.1, 0.15) is 12.1 Å². The summed E-state index contributed by atoms with van der Waals surface area (Å²) in [5.74, 6) is 0.662. The highest BCUT2D eigenvalue weighted by atomic mass is 32.1. The molecule has 96 valence electrons. The molecule has 0 bridgehead atoms. The summed E-state index contributed by atoms with van der Waals surface area (Å²) >= 11 is 5.10. The van der Waals surface area contributed by atoms with Crippen molar-refractivity contribution in [1.82, 2.24) is 20.4 Å². The molecule has 0 unspecified atom stereocenters. The van der Waals surface area contributed by atoms with Gasteiger partial charge in [0.2, 0.25) is 0 Å². The zero-order valence-corrected chi connectivity index (χ0v) is 11.1. The predicted octanol–water partition coefficient (Wildman–Crippen LogP) is 1.58. The van der Waals surface area contributed by atoms with Crippen molar-refractivity contribution in [2.24, 2.45) is 5.10 Å². The van der Waals surface area contributed by atoms with Crippen LogP contribution < -0.4 is 10.7 Å². The Morgan fingerprint density at radius 2 is 2.11 bits per heavy atom. The standard InChI is InChI=1S/C12H12N6S/c1-9(10-5-7-13-8-15-10)17-18-12(19)16-11-4-2-3-6-14-11/h2-8H,1H3,(H2,14,16,18,19)/b17-9+. The van der Waals surface area contributed by atoms with Gasteiger partial charge in [0.15, 0.2) is 5.11 Å². The van der Waals surface area contributed by atoms with E-state index in [2.05, 4.69) is 30.8 Å². The first-order valence-electron chi connectivity index (χ1n) is 5.54. The third-order valence-electron chi connectivity index (χ3n) is 2.18. The van der Waals surface area contributed by atoms with E-state index in [1.54, 1.807) is 18.5 Å². The molecule has 2 rings (SSSR count). The lowest BCUT2D eigenvalue weighted by atomic mass is 10.3. The van der Waals surface area contributed by atoms with Crippen molar-refractivity contribution < 1.29 is 0 Å². The van der Waals surface area contributed by atoms with E-state index in [0.29, 0.717) is 16.6 Å². The van der Waals surface area contributed by atoms with Gasteiger partial charge in [0, 0.05) is 12.4 Å². The minimum atomic E-state index is 0.368. The molecule has 0 aliphatic rings. The number of nitrogens with one attached hydrogen (secondary N) is 2. The van der Waals surface area contributed by atoms with E-state index < -0.39 is 0 Å². The summed E-state index contributed by atoms with van der Waals surface area (Å²) in [7, 11) is 0. The predicted molar refractivity (Wildman–Crippen MR) is 77.8 cm³/mol. The van der Waals surface area contributed by atoms with E-state index in [9.17, 15) is 0 Å². The van der Waals surface area contributed by atoms with Crippen molar-refractivity contribution >= 4 is 28.9 Å². The van der Waals surface area contributed by atoms with Crippen LogP contribution in [0.4, 0.5) is 5.82 Å². The molecule has 2 heterocycles. The molecule has 0 aliphatic carbocycles. The largest absolute Gasteiger partial charge is 0.316 e. The summed E-state index contributed by atoms with van der Waals surface area (Å²) < 4.78 is 0. The van der Waals surface area contributed by atoms with Crippen LogP contribution in [0.15, 0.2) is 48.1 Å². The molecule has 2 aromatic heterocycles. The molecule has 0 spiro atoms. The molecule has 0 saturated heterocycles. The fourth-order valence-corrected chi connectivity index (χ4v) is 1.43. The average molecular weight is 272 g/mol. The number of aromatic nitrogens is 3. The average Bonchev–Trinajstić information content (AvgIpc) is 2.47. The summed E-state index contributed by atoms with van der Waals surface area (Å²) in [5, 5.41) is 7.42. The molecular formula is C12H12N6S. The Morgan fingerprint density at radius 1 is 1.21 bits per heavy atom. The van der Waals surface area contributed by atoms with Gasteiger partial charge in [-0.25, -0.2) is 15.0 Å². The number of hydrogen-bond donors (Lipinski definition) is 2. The number of pyridine rings is 1. The van der Waals surface area contributed by atoms with Crippen LogP contribution in [0.3, 0.4) is 0 Å². The topological polar surface area (TPSA) is 75.1 Å². The van der Waals surface area contributed by atoms with E-state index in [1.165, 1.54) is 6.33 Å². The molecule has 7 heteroatoms. The Balaban J connectivity index is 1.93. The lowest BCUT2D eigenvalue weighted by Crippen LogP contribution is -2.25. The Kier molecular flexibility index (Phi) is 4.46. The number of hydrogen-bond acceptors (Lipinski definition) is 5. The molecule has 0 fully saturated rings. The first-order valence-corrected chi connectivity index (χ1v) is 5.95. The van der Waals surface area contributed by atoms with Crippen LogP contribution in [0.1, 0.15) is 12.6 Å². The van der Waals surface area contributed by atoms with E-state index >= 15 is 0 Å². The second-order valence-electron chi connectivity index (χ2n) is 3.57. The normalized spacial score (nSPS) is 10.9. The molecule has 6 nitrogen and oxygen atoms in total. The van der Waals surface area contributed by atoms with Crippen LogP contribution >= 0.6 is 12.2 Å². The van der Waals surface area contributed by atoms with Gasteiger partial charge in [0.25, 0.3) is 0 Å². The zero-order valence-electron chi connectivity index (χ0n) is 10.2. The smallest absolute Gasteiger partial charge is 0.192 e. The number of thiocarbonyl (C=S) groups is 1. The van der Waals surface area contributed by atoms with Gasteiger partial charge in [0.05, 0.1) is 11.4 Å². The molecular weight excluding hydrogens is 260 g/mol. The highest BCUT2D eigenvalue weighted by molar-refractivity contribution is 7.80. The monoisotopic (exact) mass is 272 g/mol. The van der Waals surface area contributed by atoms with Crippen LogP contribution in [0, 0.1) is 0 Å². The molecule has 0 saturated carbocycles. The zero-order chi connectivity index (χ0) is 13.5. The molecule has 2 N–H and O–H groups in total. The molecule has 0 atom stereocenters. The lowest BCUT2D eigenvalue weighted by Gasteiger charge is -2.06. The van der Waals surface area contributed by atoms with Crippen LogP contribution in [0.5, 0.6) is 0 Å². The molecule has 0 aromatic carbocycles. The third kappa shape index (κ3) is 4.07. The molecule has 19 heavy (non-hydrogen) atoms. The minimum Gasteiger partial charge on any atom is -0.316 e. The number of rotatable bonds is 3. The maximum absolute atomic E-state index is 5.10. The fraction of sp³-hybridized carbons (Fsp3) is 0.0833. The Bertz CT molecular complexity index is 569. The second kappa shape index (κ2) is 6.50. The minimum absolute atomic E-state index is 0.368. The second-order valence-corrected chi connectivity index (χ2v) is 3.98. The maximum Gasteiger partial charge on any atom is 0.192 e. The van der Waals surface area contributed by atoms with Crippen molar-refractivity contribution in [3.8, 4) is 0 Å². The summed E-state index contributed by atoms with van der Waals surface area (Å²) in [5.41, 5.74) is 4.19. The van der Waals surface area contributed by atoms with Gasteiger partial charge < -0.3 is 5.32 Å². The first kappa shape index (κ1) is 13.0.